The first-order valence-electron chi connectivity index (χ1n) is 7.15. The minimum atomic E-state index is -3.47. The van der Waals surface area contributed by atoms with Gasteiger partial charge in [0.1, 0.15) is 9.90 Å². The van der Waals surface area contributed by atoms with Gasteiger partial charge in [-0.1, -0.05) is 26.7 Å². The van der Waals surface area contributed by atoms with E-state index >= 15 is 0 Å². The molecule has 0 saturated heterocycles. The first kappa shape index (κ1) is 16.3. The van der Waals surface area contributed by atoms with E-state index in [1.165, 1.54) is 11.3 Å². The Morgan fingerprint density at radius 3 is 2.38 bits per heavy atom. The van der Waals surface area contributed by atoms with E-state index < -0.39 is 9.84 Å². The molecule has 0 amide bonds. The van der Waals surface area contributed by atoms with Crippen molar-refractivity contribution in [2.45, 2.75) is 50.5 Å². The highest BCUT2D eigenvalue weighted by molar-refractivity contribution is 7.91. The summed E-state index contributed by atoms with van der Waals surface area (Å²) < 4.78 is 24.1. The van der Waals surface area contributed by atoms with Crippen LogP contribution in [0.4, 0.5) is 10.7 Å². The number of Topliss-reactive ketones (excluding diaryl/α,β-unsaturated/α-hetero) is 1. The van der Waals surface area contributed by atoms with Gasteiger partial charge in [-0.15, -0.1) is 11.3 Å². The topological polar surface area (TPSA) is 89.3 Å². The molecule has 3 N–H and O–H groups in total. The molecule has 1 aromatic heterocycles. The van der Waals surface area contributed by atoms with E-state index in [1.54, 1.807) is 13.8 Å². The number of hydrogen-bond donors (Lipinski definition) is 2. The molecule has 0 spiro atoms. The lowest BCUT2D eigenvalue weighted by Crippen LogP contribution is -2.15. The fourth-order valence-corrected chi connectivity index (χ4v) is 5.31. The van der Waals surface area contributed by atoms with Gasteiger partial charge in [0.15, 0.2) is 15.6 Å². The molecule has 0 bridgehead atoms. The van der Waals surface area contributed by atoms with Crippen LogP contribution in [0.5, 0.6) is 0 Å². The van der Waals surface area contributed by atoms with Crippen LogP contribution in [0.3, 0.4) is 0 Å². The minimum absolute atomic E-state index is 0.0865. The number of nitrogens with one attached hydrogen (secondary N) is 1. The highest BCUT2D eigenvalue weighted by Crippen LogP contribution is 2.41. The summed E-state index contributed by atoms with van der Waals surface area (Å²) in [5.41, 5.74) is 6.07. The third kappa shape index (κ3) is 3.40. The Morgan fingerprint density at radius 2 is 1.90 bits per heavy atom. The molecule has 21 heavy (non-hydrogen) atoms. The lowest BCUT2D eigenvalue weighted by atomic mass is 10.1. The Balaban J connectivity index is 2.47. The highest BCUT2D eigenvalue weighted by Gasteiger charge is 2.29. The largest absolute Gasteiger partial charge is 0.396 e. The number of ketones is 1. The highest BCUT2D eigenvalue weighted by atomic mass is 32.2. The second kappa shape index (κ2) is 5.96. The predicted octanol–water partition coefficient (Wildman–Crippen LogP) is 2.93. The maximum atomic E-state index is 12.2. The van der Waals surface area contributed by atoms with Crippen molar-refractivity contribution in [1.29, 1.82) is 0 Å². The van der Waals surface area contributed by atoms with E-state index in [2.05, 4.69) is 5.32 Å². The van der Waals surface area contributed by atoms with E-state index in [-0.39, 0.29) is 28.3 Å². The van der Waals surface area contributed by atoms with E-state index in [1.807, 2.05) is 0 Å². The lowest BCUT2D eigenvalue weighted by molar-refractivity contribution is 0.0944. The number of carbonyl (C=O) groups excluding carboxylic acids is 1. The zero-order chi connectivity index (χ0) is 15.8. The van der Waals surface area contributed by atoms with Crippen LogP contribution in [0, 0.1) is 5.92 Å². The molecule has 2 rings (SSSR count). The van der Waals surface area contributed by atoms with Crippen LogP contribution < -0.4 is 11.1 Å². The number of nitrogen functional groups attached to an aromatic ring is 1. The Labute approximate surface area is 129 Å². The number of rotatable bonds is 5. The monoisotopic (exact) mass is 330 g/mol. The summed E-state index contributed by atoms with van der Waals surface area (Å²) in [5.74, 6) is -0.320. The molecule has 5 nitrogen and oxygen atoms in total. The molecule has 1 heterocycles. The minimum Gasteiger partial charge on any atom is -0.396 e. The number of thiophene rings is 1. The summed E-state index contributed by atoms with van der Waals surface area (Å²) in [6.07, 6.45) is 5.47. The summed E-state index contributed by atoms with van der Waals surface area (Å²) in [6, 6.07) is 0.269. The summed E-state index contributed by atoms with van der Waals surface area (Å²) in [7, 11) is -3.47. The summed E-state index contributed by atoms with van der Waals surface area (Å²) in [6.45, 7) is 3.57. The van der Waals surface area contributed by atoms with E-state index in [4.69, 9.17) is 5.73 Å². The fourth-order valence-electron chi connectivity index (χ4n) is 2.59. The predicted molar refractivity (Wildman–Crippen MR) is 86.9 cm³/mol. The van der Waals surface area contributed by atoms with Gasteiger partial charge in [-0.3, -0.25) is 4.79 Å². The van der Waals surface area contributed by atoms with Crippen LogP contribution in [-0.2, 0) is 9.84 Å². The van der Waals surface area contributed by atoms with Gasteiger partial charge in [-0.05, 0) is 12.8 Å². The second-order valence-corrected chi connectivity index (χ2v) is 8.89. The maximum absolute atomic E-state index is 12.2. The van der Waals surface area contributed by atoms with Crippen LogP contribution >= 0.6 is 11.3 Å². The van der Waals surface area contributed by atoms with Gasteiger partial charge in [-0.25, -0.2) is 8.42 Å². The molecule has 0 unspecified atom stereocenters. The molecule has 1 saturated carbocycles. The molecular weight excluding hydrogens is 308 g/mol. The van der Waals surface area contributed by atoms with Gasteiger partial charge in [-0.2, -0.15) is 0 Å². The number of nitrogens with two attached hydrogens (primary N) is 1. The summed E-state index contributed by atoms with van der Waals surface area (Å²) in [5, 5.41) is 3.80. The summed E-state index contributed by atoms with van der Waals surface area (Å²) >= 11 is 1.17. The average molecular weight is 330 g/mol. The van der Waals surface area contributed by atoms with Gasteiger partial charge < -0.3 is 11.1 Å². The third-order valence-corrected chi connectivity index (χ3v) is 6.16. The van der Waals surface area contributed by atoms with Crippen LogP contribution in [0.25, 0.3) is 0 Å². The Morgan fingerprint density at radius 1 is 1.33 bits per heavy atom. The van der Waals surface area contributed by atoms with Crippen molar-refractivity contribution in [2.75, 3.05) is 17.3 Å². The van der Waals surface area contributed by atoms with Gasteiger partial charge in [0, 0.05) is 18.2 Å². The standard InChI is InChI=1S/C14H22N2O3S2/c1-8(2)11(17)12-10(15)13(21(3,18)19)14(20-12)16-9-6-4-5-7-9/h8-9,16H,4-7,15H2,1-3H3. The Bertz CT molecular complexity index is 641. The Kier molecular flexibility index (Phi) is 4.63. The lowest BCUT2D eigenvalue weighted by Gasteiger charge is -2.13. The zero-order valence-electron chi connectivity index (χ0n) is 12.6. The third-order valence-electron chi connectivity index (χ3n) is 3.71. The normalized spacial score (nSPS) is 16.6. The fraction of sp³-hybridized carbons (Fsp3) is 0.643. The van der Waals surface area contributed by atoms with Crippen molar-refractivity contribution in [3.63, 3.8) is 0 Å². The molecule has 0 aromatic carbocycles. The molecular formula is C14H22N2O3S2. The molecule has 1 aliphatic carbocycles. The molecule has 7 heteroatoms. The van der Waals surface area contributed by atoms with E-state index in [0.717, 1.165) is 31.9 Å². The van der Waals surface area contributed by atoms with Crippen LogP contribution in [0.15, 0.2) is 4.90 Å². The molecule has 1 aliphatic rings. The average Bonchev–Trinajstić information content (AvgIpc) is 2.95. The van der Waals surface area contributed by atoms with Crippen molar-refractivity contribution < 1.29 is 13.2 Å². The van der Waals surface area contributed by atoms with Crippen molar-refractivity contribution in [2.24, 2.45) is 5.92 Å². The maximum Gasteiger partial charge on any atom is 0.180 e. The van der Waals surface area contributed by atoms with Crippen LogP contribution in [0.1, 0.15) is 49.2 Å². The molecule has 0 radical (unpaired) electrons. The SMILES string of the molecule is CC(C)C(=O)c1sc(NC2CCCC2)c(S(C)(=O)=O)c1N. The molecule has 0 aliphatic heterocycles. The van der Waals surface area contributed by atoms with Gasteiger partial charge in [0.2, 0.25) is 0 Å². The van der Waals surface area contributed by atoms with Crippen LogP contribution in [-0.4, -0.2) is 26.5 Å². The van der Waals surface area contributed by atoms with Gasteiger partial charge >= 0.3 is 0 Å². The molecule has 1 fully saturated rings. The van der Waals surface area contributed by atoms with Crippen molar-refractivity contribution in [3.8, 4) is 0 Å². The van der Waals surface area contributed by atoms with Crippen molar-refractivity contribution in [1.82, 2.24) is 0 Å². The van der Waals surface area contributed by atoms with Gasteiger partial charge in [0.25, 0.3) is 0 Å². The zero-order valence-corrected chi connectivity index (χ0v) is 14.2. The smallest absolute Gasteiger partial charge is 0.180 e. The molecule has 0 atom stereocenters. The number of carbonyl (C=O) groups is 1. The number of hydrogen-bond acceptors (Lipinski definition) is 6. The Hall–Kier alpha value is -1.08. The van der Waals surface area contributed by atoms with E-state index in [9.17, 15) is 13.2 Å². The quantitative estimate of drug-likeness (QED) is 0.810. The van der Waals surface area contributed by atoms with Crippen molar-refractivity contribution in [3.05, 3.63) is 4.88 Å². The molecule has 118 valence electrons. The van der Waals surface area contributed by atoms with E-state index in [0.29, 0.717) is 9.88 Å². The number of sulfone groups is 1. The first-order chi connectivity index (χ1) is 9.71. The van der Waals surface area contributed by atoms with Crippen molar-refractivity contribution >= 4 is 37.6 Å². The second-order valence-electron chi connectivity index (χ2n) is 5.92. The first-order valence-corrected chi connectivity index (χ1v) is 9.85. The van der Waals surface area contributed by atoms with Gasteiger partial charge in [0.05, 0.1) is 10.6 Å². The summed E-state index contributed by atoms with van der Waals surface area (Å²) in [4.78, 5) is 12.6. The van der Waals surface area contributed by atoms with Crippen LogP contribution in [0.2, 0.25) is 0 Å². The molecule has 1 aromatic rings. The number of anilines is 2.